The molecule has 6 nitrogen and oxygen atoms in total. The summed E-state index contributed by atoms with van der Waals surface area (Å²) in [6.07, 6.45) is 10.7. The number of benzene rings is 2. The van der Waals surface area contributed by atoms with Gasteiger partial charge in [0.25, 0.3) is 0 Å². The van der Waals surface area contributed by atoms with Crippen LogP contribution in [0.15, 0.2) is 79.1 Å². The first kappa shape index (κ1) is 28.2. The van der Waals surface area contributed by atoms with E-state index in [9.17, 15) is 14.3 Å². The molecule has 0 radical (unpaired) electrons. The van der Waals surface area contributed by atoms with Crippen LogP contribution in [0.3, 0.4) is 0 Å². The van der Waals surface area contributed by atoms with Crippen molar-refractivity contribution >= 4 is 11.6 Å². The second kappa shape index (κ2) is 11.9. The third-order valence-electron chi connectivity index (χ3n) is 10.6. The monoisotopic (exact) mass is 580 g/mol. The van der Waals surface area contributed by atoms with Crippen molar-refractivity contribution in [3.05, 3.63) is 96.2 Å². The minimum absolute atomic E-state index is 0.00657. The molecular formula is C36H41FN4O2. The first-order valence-electron chi connectivity index (χ1n) is 15.9. The van der Waals surface area contributed by atoms with Crippen LogP contribution in [0.1, 0.15) is 68.0 Å². The van der Waals surface area contributed by atoms with Crippen molar-refractivity contribution < 1.29 is 14.3 Å². The molecule has 7 heteroatoms. The van der Waals surface area contributed by atoms with Gasteiger partial charge in [-0.3, -0.25) is 9.69 Å². The van der Waals surface area contributed by atoms with Gasteiger partial charge in [-0.25, -0.2) is 9.37 Å². The molecule has 7 rings (SSSR count). The van der Waals surface area contributed by atoms with Crippen molar-refractivity contribution in [2.75, 3.05) is 32.7 Å². The van der Waals surface area contributed by atoms with Gasteiger partial charge in [-0.05, 0) is 98.5 Å². The second-order valence-corrected chi connectivity index (χ2v) is 13.1. The topological polar surface area (TPSA) is 61.1 Å². The summed E-state index contributed by atoms with van der Waals surface area (Å²) < 4.78 is 16.6. The summed E-state index contributed by atoms with van der Waals surface area (Å²) in [4.78, 5) is 21.4. The normalized spacial score (nSPS) is 23.0. The van der Waals surface area contributed by atoms with Gasteiger partial charge >= 0.3 is 5.97 Å². The molecule has 1 saturated carbocycles. The van der Waals surface area contributed by atoms with Gasteiger partial charge in [0, 0.05) is 61.5 Å². The van der Waals surface area contributed by atoms with Gasteiger partial charge in [-0.2, -0.15) is 0 Å². The fourth-order valence-corrected chi connectivity index (χ4v) is 8.05. The average Bonchev–Trinajstić information content (AvgIpc) is 3.62. The lowest BCUT2D eigenvalue weighted by molar-refractivity contribution is -0.138. The molecule has 2 saturated heterocycles. The Kier molecular flexibility index (Phi) is 7.78. The van der Waals surface area contributed by atoms with Gasteiger partial charge in [0.1, 0.15) is 11.5 Å². The fraction of sp³-hybridized carbons (Fsp3) is 0.444. The van der Waals surface area contributed by atoms with Crippen LogP contribution in [0.2, 0.25) is 0 Å². The SMILES string of the molecule is O=C(O)CCC1(N2CC(CN3CCC(c4cnc5ccc(-c6ccccc6)cn45)CC3)C(c3cccc(F)c3)C2)CCC1. The highest BCUT2D eigenvalue weighted by molar-refractivity contribution is 5.67. The molecule has 0 amide bonds. The van der Waals surface area contributed by atoms with E-state index in [-0.39, 0.29) is 23.7 Å². The predicted molar refractivity (Wildman–Crippen MR) is 167 cm³/mol. The largest absolute Gasteiger partial charge is 0.481 e. The fourth-order valence-electron chi connectivity index (χ4n) is 8.05. The Morgan fingerprint density at radius 2 is 1.79 bits per heavy atom. The van der Waals surface area contributed by atoms with E-state index in [2.05, 4.69) is 69.1 Å². The molecule has 43 heavy (non-hydrogen) atoms. The molecule has 3 aliphatic rings. The number of carboxylic acids is 1. The van der Waals surface area contributed by atoms with E-state index < -0.39 is 5.97 Å². The number of hydrogen-bond donors (Lipinski definition) is 1. The number of aromatic nitrogens is 2. The Morgan fingerprint density at radius 1 is 0.977 bits per heavy atom. The molecule has 224 valence electrons. The van der Waals surface area contributed by atoms with Gasteiger partial charge < -0.3 is 14.4 Å². The summed E-state index contributed by atoms with van der Waals surface area (Å²) in [7, 11) is 0. The highest BCUT2D eigenvalue weighted by Gasteiger charge is 2.48. The van der Waals surface area contributed by atoms with Crippen molar-refractivity contribution in [2.45, 2.75) is 62.3 Å². The van der Waals surface area contributed by atoms with Crippen LogP contribution in [0, 0.1) is 11.7 Å². The number of piperidine rings is 1. The highest BCUT2D eigenvalue weighted by atomic mass is 19.1. The number of imidazole rings is 1. The average molecular weight is 581 g/mol. The number of hydrogen-bond acceptors (Lipinski definition) is 4. The molecule has 2 atom stereocenters. The third kappa shape index (κ3) is 5.73. The van der Waals surface area contributed by atoms with E-state index in [4.69, 9.17) is 4.98 Å². The molecule has 0 spiro atoms. The molecule has 2 unspecified atom stereocenters. The summed E-state index contributed by atoms with van der Waals surface area (Å²) >= 11 is 0. The summed E-state index contributed by atoms with van der Waals surface area (Å²) in [5.41, 5.74) is 5.77. The standard InChI is InChI=1S/C36H41FN4O2/c37-31-9-4-8-28(20-31)32-25-40(36(15-5-16-36)17-12-35(42)43)23-30(32)22-39-18-13-27(14-19-39)33-21-38-34-11-10-29(24-41(33)34)26-6-2-1-3-7-26/h1-4,6-11,20-21,24,27,30,32H,5,12-19,22-23,25H2,(H,42,43). The maximum Gasteiger partial charge on any atom is 0.303 e. The molecular weight excluding hydrogens is 539 g/mol. The van der Waals surface area contributed by atoms with E-state index in [1.54, 1.807) is 6.07 Å². The lowest BCUT2D eigenvalue weighted by Gasteiger charge is -2.49. The van der Waals surface area contributed by atoms with Gasteiger partial charge in [-0.15, -0.1) is 0 Å². The number of rotatable bonds is 9. The van der Waals surface area contributed by atoms with E-state index in [0.29, 0.717) is 18.3 Å². The lowest BCUT2D eigenvalue weighted by Crippen LogP contribution is -2.53. The molecule has 1 N–H and O–H groups in total. The van der Waals surface area contributed by atoms with Crippen LogP contribution in [-0.4, -0.2) is 68.5 Å². The van der Waals surface area contributed by atoms with Crippen LogP contribution >= 0.6 is 0 Å². The summed E-state index contributed by atoms with van der Waals surface area (Å²) in [6.45, 7) is 4.90. The predicted octanol–water partition coefficient (Wildman–Crippen LogP) is 6.82. The number of nitrogens with zero attached hydrogens (tertiary/aromatic N) is 4. The van der Waals surface area contributed by atoms with E-state index in [1.807, 2.05) is 12.1 Å². The van der Waals surface area contributed by atoms with Crippen LogP contribution in [0.25, 0.3) is 16.8 Å². The zero-order valence-electron chi connectivity index (χ0n) is 24.7. The molecule has 1 aliphatic carbocycles. The smallest absolute Gasteiger partial charge is 0.303 e. The molecule has 2 aromatic carbocycles. The maximum atomic E-state index is 14.3. The Morgan fingerprint density at radius 3 is 2.51 bits per heavy atom. The van der Waals surface area contributed by atoms with E-state index in [1.165, 1.54) is 22.9 Å². The van der Waals surface area contributed by atoms with E-state index in [0.717, 1.165) is 76.0 Å². The number of pyridine rings is 1. The molecule has 2 aromatic heterocycles. The quantitative estimate of drug-likeness (QED) is 0.235. The number of carboxylic acid groups (broad SMARTS) is 1. The van der Waals surface area contributed by atoms with Crippen molar-refractivity contribution in [3.8, 4) is 11.1 Å². The third-order valence-corrected chi connectivity index (χ3v) is 10.6. The zero-order valence-corrected chi connectivity index (χ0v) is 24.7. The second-order valence-electron chi connectivity index (χ2n) is 13.1. The van der Waals surface area contributed by atoms with Crippen LogP contribution in [0.5, 0.6) is 0 Å². The van der Waals surface area contributed by atoms with Gasteiger partial charge in [-0.1, -0.05) is 42.5 Å². The summed E-state index contributed by atoms with van der Waals surface area (Å²) in [6, 6.07) is 21.9. The minimum Gasteiger partial charge on any atom is -0.481 e. The van der Waals surface area contributed by atoms with Gasteiger partial charge in [0.05, 0.1) is 0 Å². The number of aliphatic carboxylic acids is 1. The first-order valence-corrected chi connectivity index (χ1v) is 15.9. The molecule has 3 fully saturated rings. The number of halogens is 1. The van der Waals surface area contributed by atoms with Crippen LogP contribution < -0.4 is 0 Å². The Bertz CT molecular complexity index is 1570. The van der Waals surface area contributed by atoms with Gasteiger partial charge in [0.2, 0.25) is 0 Å². The summed E-state index contributed by atoms with van der Waals surface area (Å²) in [5.74, 6) is 0.221. The Labute approximate surface area is 253 Å². The van der Waals surface area contributed by atoms with E-state index >= 15 is 0 Å². The number of carbonyl (C=O) groups is 1. The van der Waals surface area contributed by atoms with Crippen molar-refractivity contribution in [1.29, 1.82) is 0 Å². The van der Waals surface area contributed by atoms with Crippen LogP contribution in [0.4, 0.5) is 4.39 Å². The van der Waals surface area contributed by atoms with Gasteiger partial charge in [0.15, 0.2) is 0 Å². The maximum absolute atomic E-state index is 14.3. The minimum atomic E-state index is -0.714. The highest BCUT2D eigenvalue weighted by Crippen LogP contribution is 2.47. The van der Waals surface area contributed by atoms with Crippen LogP contribution in [-0.2, 0) is 4.79 Å². The zero-order chi connectivity index (χ0) is 29.4. The number of fused-ring (bicyclic) bond motifs is 1. The number of likely N-dealkylation sites (tertiary alicyclic amines) is 2. The van der Waals surface area contributed by atoms with Crippen molar-refractivity contribution in [2.24, 2.45) is 5.92 Å². The van der Waals surface area contributed by atoms with Crippen molar-refractivity contribution in [1.82, 2.24) is 19.2 Å². The molecule has 4 aromatic rings. The Balaban J connectivity index is 1.05. The molecule has 2 aliphatic heterocycles. The molecule has 0 bridgehead atoms. The van der Waals surface area contributed by atoms with Crippen molar-refractivity contribution in [3.63, 3.8) is 0 Å². The summed E-state index contributed by atoms with van der Waals surface area (Å²) in [5, 5.41) is 9.41. The Hall–Kier alpha value is -3.55. The lowest BCUT2D eigenvalue weighted by atomic mass is 9.72. The molecule has 4 heterocycles. The first-order chi connectivity index (χ1) is 21.0.